The molecule has 0 fully saturated rings. The Morgan fingerprint density at radius 1 is 1.20 bits per heavy atom. The molecule has 0 radical (unpaired) electrons. The maximum atomic E-state index is 8.76. The lowest BCUT2D eigenvalue weighted by Gasteiger charge is -2.22. The fraction of sp³-hybridized carbons (Fsp3) is 0.625. The third-order valence-electron chi connectivity index (χ3n) is 2.91. The van der Waals surface area contributed by atoms with E-state index in [2.05, 4.69) is 48.1 Å². The van der Waals surface area contributed by atoms with E-state index >= 15 is 0 Å². The first kappa shape index (κ1) is 17.5. The highest BCUT2D eigenvalue weighted by Gasteiger charge is 2.12. The van der Waals surface area contributed by atoms with Crippen LogP contribution in [0.3, 0.4) is 0 Å². The van der Waals surface area contributed by atoms with Crippen molar-refractivity contribution in [3.05, 3.63) is 28.2 Å². The van der Waals surface area contributed by atoms with E-state index < -0.39 is 0 Å². The van der Waals surface area contributed by atoms with Crippen molar-refractivity contribution in [3.63, 3.8) is 0 Å². The second kappa shape index (κ2) is 8.65. The second-order valence-corrected chi connectivity index (χ2v) is 6.82. The molecule has 0 amide bonds. The molecule has 0 saturated carbocycles. The van der Waals surface area contributed by atoms with E-state index in [1.54, 1.807) is 0 Å². The van der Waals surface area contributed by atoms with Gasteiger partial charge in [-0.15, -0.1) is 0 Å². The van der Waals surface area contributed by atoms with Crippen LogP contribution in [0, 0.1) is 0 Å². The zero-order valence-electron chi connectivity index (χ0n) is 12.7. The van der Waals surface area contributed by atoms with E-state index in [-0.39, 0.29) is 12.1 Å². The molecule has 0 heterocycles. The predicted octanol–water partition coefficient (Wildman–Crippen LogP) is 3.88. The Labute approximate surface area is 130 Å². The molecule has 0 aromatic heterocycles. The zero-order chi connectivity index (χ0) is 15.0. The number of ether oxygens (including phenoxy) is 1. The van der Waals surface area contributed by atoms with Crippen LogP contribution < -0.4 is 10.1 Å². The van der Waals surface area contributed by atoms with Gasteiger partial charge in [-0.05, 0) is 62.0 Å². The third kappa shape index (κ3) is 6.73. The molecule has 4 heteroatoms. The summed E-state index contributed by atoms with van der Waals surface area (Å²) in [5.74, 6) is 0.924. The van der Waals surface area contributed by atoms with Crippen LogP contribution in [0.25, 0.3) is 0 Å². The molecule has 114 valence electrons. The standard InChI is InChI=1S/C16H26BrNO2/c1-16(2,3)18-12-13-8-7-9-14(17)15(13)20-11-6-4-5-10-19/h7-9,18-19H,4-6,10-12H2,1-3H3. The van der Waals surface area contributed by atoms with Crippen molar-refractivity contribution < 1.29 is 9.84 Å². The Kier molecular flexibility index (Phi) is 7.56. The maximum absolute atomic E-state index is 8.76. The van der Waals surface area contributed by atoms with E-state index in [9.17, 15) is 0 Å². The summed E-state index contributed by atoms with van der Waals surface area (Å²) in [7, 11) is 0. The molecule has 1 aromatic rings. The van der Waals surface area contributed by atoms with Crippen LogP contribution >= 0.6 is 15.9 Å². The lowest BCUT2D eigenvalue weighted by Crippen LogP contribution is -2.35. The van der Waals surface area contributed by atoms with Gasteiger partial charge in [0.05, 0.1) is 11.1 Å². The number of halogens is 1. The van der Waals surface area contributed by atoms with E-state index in [1.807, 2.05) is 12.1 Å². The number of hydrogen-bond donors (Lipinski definition) is 2. The van der Waals surface area contributed by atoms with Gasteiger partial charge in [0.2, 0.25) is 0 Å². The van der Waals surface area contributed by atoms with Crippen LogP contribution in [0.15, 0.2) is 22.7 Å². The number of para-hydroxylation sites is 1. The van der Waals surface area contributed by atoms with Crippen LogP contribution in [-0.2, 0) is 6.54 Å². The molecule has 0 unspecified atom stereocenters. The number of rotatable bonds is 8. The Morgan fingerprint density at radius 2 is 1.95 bits per heavy atom. The van der Waals surface area contributed by atoms with Gasteiger partial charge < -0.3 is 15.2 Å². The highest BCUT2D eigenvalue weighted by molar-refractivity contribution is 9.10. The van der Waals surface area contributed by atoms with Gasteiger partial charge in [-0.2, -0.15) is 0 Å². The van der Waals surface area contributed by atoms with Crippen LogP contribution in [0.1, 0.15) is 45.6 Å². The largest absolute Gasteiger partial charge is 0.492 e. The molecule has 1 aromatic carbocycles. The second-order valence-electron chi connectivity index (χ2n) is 5.96. The molecule has 0 saturated heterocycles. The Bertz CT molecular complexity index is 402. The number of hydrogen-bond acceptors (Lipinski definition) is 3. The predicted molar refractivity (Wildman–Crippen MR) is 87.2 cm³/mol. The minimum absolute atomic E-state index is 0.0840. The van der Waals surface area contributed by atoms with Crippen molar-refractivity contribution in [1.82, 2.24) is 5.32 Å². The Balaban J connectivity index is 2.59. The summed E-state index contributed by atoms with van der Waals surface area (Å²) in [5.41, 5.74) is 1.25. The molecule has 0 bridgehead atoms. The van der Waals surface area contributed by atoms with Crippen molar-refractivity contribution in [1.29, 1.82) is 0 Å². The smallest absolute Gasteiger partial charge is 0.137 e. The molecule has 0 aliphatic rings. The number of aliphatic hydroxyl groups is 1. The van der Waals surface area contributed by atoms with E-state index in [0.717, 1.165) is 41.6 Å². The summed E-state index contributed by atoms with van der Waals surface area (Å²) < 4.78 is 6.90. The highest BCUT2D eigenvalue weighted by atomic mass is 79.9. The first-order valence-electron chi connectivity index (χ1n) is 7.20. The molecular weight excluding hydrogens is 318 g/mol. The highest BCUT2D eigenvalue weighted by Crippen LogP contribution is 2.29. The van der Waals surface area contributed by atoms with Crippen molar-refractivity contribution in [2.75, 3.05) is 13.2 Å². The molecule has 0 aliphatic heterocycles. The van der Waals surface area contributed by atoms with Gasteiger partial charge in [0.1, 0.15) is 5.75 Å². The summed E-state index contributed by atoms with van der Waals surface area (Å²) in [6.45, 7) is 8.19. The molecule has 0 aliphatic carbocycles. The van der Waals surface area contributed by atoms with Crippen molar-refractivity contribution >= 4 is 15.9 Å². The monoisotopic (exact) mass is 343 g/mol. The van der Waals surface area contributed by atoms with Crippen LogP contribution in [0.4, 0.5) is 0 Å². The molecule has 20 heavy (non-hydrogen) atoms. The average molecular weight is 344 g/mol. The SMILES string of the molecule is CC(C)(C)NCc1cccc(Br)c1OCCCCCO. The zero-order valence-corrected chi connectivity index (χ0v) is 14.3. The average Bonchev–Trinajstić information content (AvgIpc) is 2.37. The van der Waals surface area contributed by atoms with Crippen LogP contribution in [-0.4, -0.2) is 23.9 Å². The number of benzene rings is 1. The summed E-state index contributed by atoms with van der Waals surface area (Å²) in [6.07, 6.45) is 2.81. The minimum atomic E-state index is 0.0840. The van der Waals surface area contributed by atoms with Crippen LogP contribution in [0.5, 0.6) is 5.75 Å². The number of nitrogens with one attached hydrogen (secondary N) is 1. The van der Waals surface area contributed by atoms with E-state index in [4.69, 9.17) is 9.84 Å². The van der Waals surface area contributed by atoms with Gasteiger partial charge in [-0.25, -0.2) is 0 Å². The van der Waals surface area contributed by atoms with Crippen LogP contribution in [0.2, 0.25) is 0 Å². The van der Waals surface area contributed by atoms with Gasteiger partial charge in [0, 0.05) is 24.3 Å². The van der Waals surface area contributed by atoms with Crippen molar-refractivity contribution in [3.8, 4) is 5.75 Å². The summed E-state index contributed by atoms with van der Waals surface area (Å²) in [6, 6.07) is 6.12. The summed E-state index contributed by atoms with van der Waals surface area (Å²) in [4.78, 5) is 0. The van der Waals surface area contributed by atoms with Crippen molar-refractivity contribution in [2.24, 2.45) is 0 Å². The van der Waals surface area contributed by atoms with Gasteiger partial charge in [-0.3, -0.25) is 0 Å². The fourth-order valence-electron chi connectivity index (χ4n) is 1.78. The van der Waals surface area contributed by atoms with Gasteiger partial charge in [0.15, 0.2) is 0 Å². The molecule has 1 rings (SSSR count). The normalized spacial score (nSPS) is 11.7. The molecule has 0 spiro atoms. The summed E-state index contributed by atoms with van der Waals surface area (Å²) in [5, 5.41) is 12.2. The Morgan fingerprint density at radius 3 is 2.60 bits per heavy atom. The van der Waals surface area contributed by atoms with Gasteiger partial charge >= 0.3 is 0 Å². The lowest BCUT2D eigenvalue weighted by atomic mass is 10.1. The minimum Gasteiger partial charge on any atom is -0.492 e. The molecule has 0 atom stereocenters. The topological polar surface area (TPSA) is 41.5 Å². The first-order chi connectivity index (χ1) is 9.44. The fourth-order valence-corrected chi connectivity index (χ4v) is 2.30. The molecule has 3 nitrogen and oxygen atoms in total. The Hall–Kier alpha value is -0.580. The quantitative estimate of drug-likeness (QED) is 0.704. The number of aliphatic hydroxyl groups excluding tert-OH is 1. The van der Waals surface area contributed by atoms with E-state index in [1.165, 1.54) is 0 Å². The third-order valence-corrected chi connectivity index (χ3v) is 3.53. The lowest BCUT2D eigenvalue weighted by molar-refractivity contribution is 0.264. The molecular formula is C16H26BrNO2. The summed E-state index contributed by atoms with van der Waals surface area (Å²) >= 11 is 3.56. The maximum Gasteiger partial charge on any atom is 0.137 e. The molecule has 2 N–H and O–H groups in total. The number of unbranched alkanes of at least 4 members (excludes halogenated alkanes) is 2. The van der Waals surface area contributed by atoms with Gasteiger partial charge in [0.25, 0.3) is 0 Å². The van der Waals surface area contributed by atoms with Crippen molar-refractivity contribution in [2.45, 2.75) is 52.1 Å². The van der Waals surface area contributed by atoms with E-state index in [0.29, 0.717) is 6.61 Å². The first-order valence-corrected chi connectivity index (χ1v) is 7.99. The van der Waals surface area contributed by atoms with Gasteiger partial charge in [-0.1, -0.05) is 12.1 Å².